The van der Waals surface area contributed by atoms with E-state index in [1.165, 1.54) is 0 Å². The minimum atomic E-state index is 0. The fraction of sp³-hybridized carbons (Fsp3) is 0. The van der Waals surface area contributed by atoms with Crippen molar-refractivity contribution in [2.75, 3.05) is 0 Å². The predicted molar refractivity (Wildman–Crippen MR) is 21.1 cm³/mol. The van der Waals surface area contributed by atoms with Gasteiger partial charge >= 0.3 is 51.4 Å². The summed E-state index contributed by atoms with van der Waals surface area (Å²) in [5.41, 5.74) is 0. The van der Waals surface area contributed by atoms with Crippen LogP contribution in [-0.4, -0.2) is 0 Å². The molecule has 0 bridgehead atoms. The molecule has 0 spiro atoms. The van der Waals surface area contributed by atoms with E-state index < -0.39 is 0 Å². The molecule has 0 N–H and O–H groups in total. The molecule has 0 saturated carbocycles. The number of hydrogen-bond acceptors (Lipinski definition) is 0. The summed E-state index contributed by atoms with van der Waals surface area (Å²) in [6.45, 7) is 0. The van der Waals surface area contributed by atoms with Gasteiger partial charge in [-0.3, -0.25) is 0 Å². The van der Waals surface area contributed by atoms with E-state index in [1.54, 1.807) is 0 Å². The molecule has 0 nitrogen and oxygen atoms in total. The van der Waals surface area contributed by atoms with E-state index in [2.05, 4.69) is 0 Å². The molecule has 4 heteroatoms. The molecular formula is H2Cl2KP. The topological polar surface area (TPSA) is 0 Å². The van der Waals surface area contributed by atoms with Gasteiger partial charge in [-0.15, -0.1) is 0 Å². The minimum absolute atomic E-state index is 0. The van der Waals surface area contributed by atoms with Gasteiger partial charge in [0, 0.05) is 0 Å². The van der Waals surface area contributed by atoms with Crippen molar-refractivity contribution in [1.82, 2.24) is 0 Å². The summed E-state index contributed by atoms with van der Waals surface area (Å²) in [4.78, 5) is 0. The van der Waals surface area contributed by atoms with Crippen LogP contribution in [0.3, 0.4) is 0 Å². The monoisotopic (exact) mass is 142 g/mol. The van der Waals surface area contributed by atoms with Gasteiger partial charge in [-0.1, -0.05) is 22.5 Å². The first-order valence-electron chi connectivity index (χ1n) is 0.378. The van der Waals surface area contributed by atoms with Crippen molar-refractivity contribution in [3.8, 4) is 0 Å². The summed E-state index contributed by atoms with van der Waals surface area (Å²) in [6.07, 6.45) is 0. The molecule has 0 unspecified atom stereocenters. The van der Waals surface area contributed by atoms with Crippen LogP contribution >= 0.6 is 29.8 Å². The van der Waals surface area contributed by atoms with Crippen LogP contribution in [0.2, 0.25) is 0 Å². The van der Waals surface area contributed by atoms with E-state index in [9.17, 15) is 0 Å². The summed E-state index contributed by atoms with van der Waals surface area (Å²) in [6, 6.07) is 0. The van der Waals surface area contributed by atoms with Crippen LogP contribution in [0.15, 0.2) is 0 Å². The number of rotatable bonds is 0. The van der Waals surface area contributed by atoms with Crippen LogP contribution in [0.1, 0.15) is 1.43 Å². The van der Waals surface area contributed by atoms with Gasteiger partial charge in [-0.05, 0) is 0 Å². The Morgan fingerprint density at radius 2 is 1.50 bits per heavy atom. The third-order valence-electron chi connectivity index (χ3n) is 0. The van der Waals surface area contributed by atoms with E-state index in [-0.39, 0.29) is 60.1 Å². The Hall–Kier alpha value is 2.65. The number of halogens is 2. The molecule has 0 saturated heterocycles. The van der Waals surface area contributed by atoms with Crippen molar-refractivity contribution in [1.29, 1.82) is 0 Å². The van der Waals surface area contributed by atoms with Gasteiger partial charge in [0.05, 0.1) is 7.29 Å². The fourth-order valence-electron chi connectivity index (χ4n) is 0. The Labute approximate surface area is 80.9 Å². The Bertz CT molecular complexity index is 9.61. The van der Waals surface area contributed by atoms with Gasteiger partial charge < -0.3 is 1.43 Å². The summed E-state index contributed by atoms with van der Waals surface area (Å²) >= 11 is 9.58. The van der Waals surface area contributed by atoms with Crippen LogP contribution in [0.25, 0.3) is 0 Å². The zero-order valence-corrected chi connectivity index (χ0v) is 7.89. The molecule has 0 atom stereocenters. The van der Waals surface area contributed by atoms with Gasteiger partial charge in [0.2, 0.25) is 0 Å². The molecule has 0 amide bonds. The molecule has 0 aliphatic heterocycles. The molecule has 0 aliphatic rings. The molecule has 0 fully saturated rings. The second-order valence-corrected chi connectivity index (χ2v) is 1.93. The molecule has 0 radical (unpaired) electrons. The molecule has 4 heavy (non-hydrogen) atoms. The quantitative estimate of drug-likeness (QED) is 0.304. The molecule has 0 aliphatic carbocycles. The summed E-state index contributed by atoms with van der Waals surface area (Å²) in [5, 5.41) is 0. The summed E-state index contributed by atoms with van der Waals surface area (Å²) < 4.78 is 0. The van der Waals surface area contributed by atoms with Gasteiger partial charge in [0.1, 0.15) is 0 Å². The smallest absolute Gasteiger partial charge is 1.00 e. The van der Waals surface area contributed by atoms with Crippen molar-refractivity contribution >= 4 is 29.8 Å². The fourth-order valence-corrected chi connectivity index (χ4v) is 0. The largest absolute Gasteiger partial charge is 1.00 e. The van der Waals surface area contributed by atoms with Gasteiger partial charge in [-0.2, -0.15) is 0 Å². The van der Waals surface area contributed by atoms with Crippen molar-refractivity contribution in [2.45, 2.75) is 0 Å². The first-order chi connectivity index (χ1) is 1.41. The third-order valence-corrected chi connectivity index (χ3v) is 0. The van der Waals surface area contributed by atoms with E-state index in [0.717, 1.165) is 0 Å². The Kier molecular flexibility index (Phi) is 22.5. The minimum Gasteiger partial charge on any atom is -1.00 e. The maximum atomic E-state index is 4.79. The van der Waals surface area contributed by atoms with Crippen molar-refractivity contribution in [2.24, 2.45) is 0 Å². The second kappa shape index (κ2) is 9.17. The van der Waals surface area contributed by atoms with Crippen LogP contribution in [0.4, 0.5) is 0 Å². The molecule has 0 aromatic heterocycles. The second-order valence-electron chi connectivity index (χ2n) is 0.0714. The molecule has 0 rings (SSSR count). The normalized spacial score (nSPS) is 4.50. The Balaban J connectivity index is -0.0000000200. The van der Waals surface area contributed by atoms with Crippen molar-refractivity contribution in [3.05, 3.63) is 0 Å². The molecule has 0 aromatic rings. The number of hydrogen-bond donors (Lipinski definition) is 0. The van der Waals surface area contributed by atoms with Crippen LogP contribution in [-0.2, 0) is 0 Å². The third kappa shape index (κ3) is 8.82. The SMILES string of the molecule is ClPCl.[H-].[K+]. The zero-order chi connectivity index (χ0) is 2.71. The molecular weight excluding hydrogens is 141 g/mol. The summed E-state index contributed by atoms with van der Waals surface area (Å²) in [5.74, 6) is 0. The van der Waals surface area contributed by atoms with Gasteiger partial charge in [0.15, 0.2) is 0 Å². The maximum Gasteiger partial charge on any atom is 1.00 e. The molecule has 0 heterocycles. The van der Waals surface area contributed by atoms with Gasteiger partial charge in [-0.25, -0.2) is 0 Å². The average molecular weight is 143 g/mol. The van der Waals surface area contributed by atoms with E-state index >= 15 is 0 Å². The van der Waals surface area contributed by atoms with E-state index in [0.29, 0.717) is 0 Å². The summed E-state index contributed by atoms with van der Waals surface area (Å²) in [7, 11) is 0.0278. The van der Waals surface area contributed by atoms with Crippen LogP contribution < -0.4 is 51.4 Å². The Morgan fingerprint density at radius 3 is 1.50 bits per heavy atom. The van der Waals surface area contributed by atoms with Gasteiger partial charge in [0.25, 0.3) is 0 Å². The van der Waals surface area contributed by atoms with E-state index in [1.807, 2.05) is 0 Å². The van der Waals surface area contributed by atoms with Crippen LogP contribution in [0.5, 0.6) is 0 Å². The maximum absolute atomic E-state index is 4.79. The molecule has 22 valence electrons. The van der Waals surface area contributed by atoms with Crippen molar-refractivity contribution < 1.29 is 52.8 Å². The standard InChI is InChI=1S/Cl2HP.K.H/c1-3-2;;/h3H;;/q;+1;-1. The Morgan fingerprint density at radius 1 is 1.50 bits per heavy atom. The molecule has 0 aromatic carbocycles. The van der Waals surface area contributed by atoms with E-state index in [4.69, 9.17) is 22.5 Å². The van der Waals surface area contributed by atoms with Crippen LogP contribution in [0, 0.1) is 0 Å². The first-order valence-corrected chi connectivity index (χ1v) is 3.40. The predicted octanol–water partition coefficient (Wildman–Crippen LogP) is -0.911. The first kappa shape index (κ1) is 9.82. The zero-order valence-electron chi connectivity index (χ0n) is 3.26. The average Bonchev–Trinajstić information content (AvgIpc) is 0.918. The van der Waals surface area contributed by atoms with Crippen molar-refractivity contribution in [3.63, 3.8) is 0 Å².